The van der Waals surface area contributed by atoms with Crippen molar-refractivity contribution in [1.29, 1.82) is 0 Å². The molecule has 0 amide bonds. The number of H-pyrrole nitrogens is 1. The molecule has 10 heteroatoms. The second-order valence-corrected chi connectivity index (χ2v) is 5.63. The first-order valence-corrected chi connectivity index (χ1v) is 7.02. The Morgan fingerprint density at radius 2 is 2.14 bits per heavy atom. The first-order valence-electron chi connectivity index (χ1n) is 5.54. The third-order valence-electron chi connectivity index (χ3n) is 2.47. The lowest BCUT2D eigenvalue weighted by Crippen LogP contribution is -2.18. The van der Waals surface area contributed by atoms with Crippen LogP contribution in [0, 0.1) is 5.82 Å². The molecule has 1 aromatic carbocycles. The number of aromatic amines is 1. The van der Waals surface area contributed by atoms with Crippen LogP contribution < -0.4 is 20.9 Å². The molecule has 0 aliphatic heterocycles. The van der Waals surface area contributed by atoms with E-state index < -0.39 is 21.5 Å². The molecule has 0 atom stereocenters. The highest BCUT2D eigenvalue weighted by molar-refractivity contribution is 7.92. The van der Waals surface area contributed by atoms with E-state index in [9.17, 15) is 17.6 Å². The summed E-state index contributed by atoms with van der Waals surface area (Å²) >= 11 is 0. The molecule has 0 fully saturated rings. The molecule has 0 saturated heterocycles. The van der Waals surface area contributed by atoms with Gasteiger partial charge in [0.05, 0.1) is 19.0 Å². The number of rotatable bonds is 4. The summed E-state index contributed by atoms with van der Waals surface area (Å²) in [6, 6.07) is 2.21. The molecule has 1 heterocycles. The van der Waals surface area contributed by atoms with Crippen LogP contribution in [0.25, 0.3) is 0 Å². The van der Waals surface area contributed by atoms with Crippen molar-refractivity contribution in [3.8, 4) is 5.75 Å². The van der Waals surface area contributed by atoms with Gasteiger partial charge in [-0.2, -0.15) is 0 Å². The molecule has 0 spiro atoms. The van der Waals surface area contributed by atoms with Crippen molar-refractivity contribution in [2.75, 3.05) is 17.6 Å². The van der Waals surface area contributed by atoms with E-state index in [2.05, 4.69) is 14.7 Å². The number of halogens is 1. The smallest absolute Gasteiger partial charge is 0.344 e. The average Bonchev–Trinajstić information content (AvgIpc) is 2.38. The van der Waals surface area contributed by atoms with Crippen molar-refractivity contribution in [3.05, 3.63) is 40.8 Å². The molecule has 2 aromatic rings. The number of nitrogen functional groups attached to an aromatic ring is 1. The Balaban J connectivity index is 2.46. The minimum atomic E-state index is -4.08. The van der Waals surface area contributed by atoms with Crippen molar-refractivity contribution in [2.24, 2.45) is 0 Å². The van der Waals surface area contributed by atoms with Crippen LogP contribution in [0.2, 0.25) is 0 Å². The van der Waals surface area contributed by atoms with Gasteiger partial charge in [-0.05, 0) is 6.07 Å². The molecule has 2 rings (SSSR count). The van der Waals surface area contributed by atoms with E-state index in [0.717, 1.165) is 18.5 Å². The number of methoxy groups -OCH3 is 1. The molecule has 1 aromatic heterocycles. The van der Waals surface area contributed by atoms with Crippen LogP contribution in [-0.2, 0) is 10.0 Å². The van der Waals surface area contributed by atoms with Gasteiger partial charge in [0.2, 0.25) is 0 Å². The number of nitrogens with zero attached hydrogens (tertiary/aromatic N) is 1. The van der Waals surface area contributed by atoms with E-state index in [-0.39, 0.29) is 22.0 Å². The predicted octanol–water partition coefficient (Wildman–Crippen LogP) is 0.301. The number of benzene rings is 1. The summed E-state index contributed by atoms with van der Waals surface area (Å²) in [5, 5.41) is 0. The summed E-state index contributed by atoms with van der Waals surface area (Å²) in [6.07, 6.45) is 1.84. The molecule has 0 radical (unpaired) electrons. The minimum Gasteiger partial charge on any atom is -0.492 e. The standard InChI is InChI=1S/C11H11FN4O4S/c1-20-10-8(12)2-6(13)3-9(10)16-21(18,19)7-4-14-11(17)15-5-7/h2-5,16H,13H2,1H3,(H,14,15,17). The monoisotopic (exact) mass is 314 g/mol. The Labute approximate surface area is 118 Å². The average molecular weight is 314 g/mol. The second-order valence-electron chi connectivity index (χ2n) is 3.94. The Morgan fingerprint density at radius 1 is 1.43 bits per heavy atom. The first-order chi connectivity index (χ1) is 9.83. The Bertz CT molecular complexity index is 814. The van der Waals surface area contributed by atoms with Crippen LogP contribution >= 0.6 is 0 Å². The first kappa shape index (κ1) is 14.8. The second kappa shape index (κ2) is 5.40. The Kier molecular flexibility index (Phi) is 3.80. The van der Waals surface area contributed by atoms with Gasteiger partial charge in [-0.15, -0.1) is 0 Å². The lowest BCUT2D eigenvalue weighted by atomic mass is 10.2. The van der Waals surface area contributed by atoms with Crippen LogP contribution in [0.15, 0.2) is 34.2 Å². The summed E-state index contributed by atoms with van der Waals surface area (Å²) in [5.41, 5.74) is 4.63. The lowest BCUT2D eigenvalue weighted by molar-refractivity contribution is 0.389. The fraction of sp³-hybridized carbons (Fsp3) is 0.0909. The molecule has 21 heavy (non-hydrogen) atoms. The van der Waals surface area contributed by atoms with Gasteiger partial charge >= 0.3 is 5.69 Å². The molecule has 0 aliphatic carbocycles. The van der Waals surface area contributed by atoms with E-state index in [0.29, 0.717) is 0 Å². The maximum atomic E-state index is 13.6. The SMILES string of the molecule is COc1c(F)cc(N)cc1NS(=O)(=O)c1cnc(=O)[nH]c1. The van der Waals surface area contributed by atoms with Crippen LogP contribution in [-0.4, -0.2) is 25.5 Å². The van der Waals surface area contributed by atoms with E-state index in [1.807, 2.05) is 0 Å². The van der Waals surface area contributed by atoms with Gasteiger partial charge in [0.25, 0.3) is 10.0 Å². The van der Waals surface area contributed by atoms with Crippen molar-refractivity contribution >= 4 is 21.4 Å². The van der Waals surface area contributed by atoms with Gasteiger partial charge < -0.3 is 15.5 Å². The zero-order valence-corrected chi connectivity index (χ0v) is 11.6. The van der Waals surface area contributed by atoms with E-state index in [1.165, 1.54) is 13.2 Å². The number of sulfonamides is 1. The highest BCUT2D eigenvalue weighted by atomic mass is 32.2. The molecule has 4 N–H and O–H groups in total. The molecule has 0 aliphatic rings. The fourth-order valence-corrected chi connectivity index (χ4v) is 2.54. The number of ether oxygens (including phenoxy) is 1. The normalized spacial score (nSPS) is 11.1. The quantitative estimate of drug-likeness (QED) is 0.697. The number of nitrogens with two attached hydrogens (primary N) is 1. The third-order valence-corrected chi connectivity index (χ3v) is 3.80. The zero-order chi connectivity index (χ0) is 15.6. The molecule has 8 nitrogen and oxygen atoms in total. The molecular formula is C11H11FN4O4S. The molecule has 0 unspecified atom stereocenters. The predicted molar refractivity (Wildman–Crippen MR) is 73.0 cm³/mol. The highest BCUT2D eigenvalue weighted by Crippen LogP contribution is 2.31. The van der Waals surface area contributed by atoms with Gasteiger partial charge in [0.15, 0.2) is 11.6 Å². The Hall–Kier alpha value is -2.62. The minimum absolute atomic E-state index is 0.0191. The molecular weight excluding hydrogens is 303 g/mol. The van der Waals surface area contributed by atoms with Crippen LogP contribution in [0.1, 0.15) is 0 Å². The molecule has 0 bridgehead atoms. The van der Waals surface area contributed by atoms with Gasteiger partial charge in [-0.25, -0.2) is 22.6 Å². The van der Waals surface area contributed by atoms with Gasteiger partial charge in [-0.3, -0.25) is 4.72 Å². The van der Waals surface area contributed by atoms with Crippen LogP contribution in [0.5, 0.6) is 5.75 Å². The number of hydrogen-bond donors (Lipinski definition) is 3. The van der Waals surface area contributed by atoms with Gasteiger partial charge in [0.1, 0.15) is 4.90 Å². The van der Waals surface area contributed by atoms with Crippen molar-refractivity contribution in [2.45, 2.75) is 4.90 Å². The van der Waals surface area contributed by atoms with Crippen molar-refractivity contribution < 1.29 is 17.5 Å². The Morgan fingerprint density at radius 3 is 2.71 bits per heavy atom. The maximum absolute atomic E-state index is 13.6. The highest BCUT2D eigenvalue weighted by Gasteiger charge is 2.19. The summed E-state index contributed by atoms with van der Waals surface area (Å²) in [6.45, 7) is 0. The zero-order valence-electron chi connectivity index (χ0n) is 10.8. The third kappa shape index (κ3) is 3.11. The van der Waals surface area contributed by atoms with Gasteiger partial charge in [-0.1, -0.05) is 0 Å². The van der Waals surface area contributed by atoms with E-state index in [4.69, 9.17) is 10.5 Å². The number of anilines is 2. The molecule has 112 valence electrons. The van der Waals surface area contributed by atoms with E-state index in [1.54, 1.807) is 0 Å². The summed E-state index contributed by atoms with van der Waals surface area (Å²) < 4.78 is 44.8. The summed E-state index contributed by atoms with van der Waals surface area (Å²) in [4.78, 5) is 16.0. The topological polar surface area (TPSA) is 127 Å². The van der Waals surface area contributed by atoms with Crippen molar-refractivity contribution in [3.63, 3.8) is 0 Å². The fourth-order valence-electron chi connectivity index (χ4n) is 1.58. The summed E-state index contributed by atoms with van der Waals surface area (Å²) in [5.74, 6) is -1.11. The number of aromatic nitrogens is 2. The van der Waals surface area contributed by atoms with Crippen LogP contribution in [0.3, 0.4) is 0 Å². The number of nitrogens with one attached hydrogen (secondary N) is 2. The number of hydrogen-bond acceptors (Lipinski definition) is 6. The lowest BCUT2D eigenvalue weighted by Gasteiger charge is -2.13. The van der Waals surface area contributed by atoms with Crippen molar-refractivity contribution in [1.82, 2.24) is 9.97 Å². The summed E-state index contributed by atoms with van der Waals surface area (Å²) in [7, 11) is -2.89. The largest absolute Gasteiger partial charge is 0.492 e. The maximum Gasteiger partial charge on any atom is 0.344 e. The van der Waals surface area contributed by atoms with Crippen LogP contribution in [0.4, 0.5) is 15.8 Å². The van der Waals surface area contributed by atoms with Gasteiger partial charge in [0, 0.05) is 18.0 Å². The van der Waals surface area contributed by atoms with E-state index >= 15 is 0 Å². The molecule has 0 saturated carbocycles.